The van der Waals surface area contributed by atoms with Gasteiger partial charge in [-0.1, -0.05) is 12.8 Å². The predicted molar refractivity (Wildman–Crippen MR) is 105 cm³/mol. The summed E-state index contributed by atoms with van der Waals surface area (Å²) in [6.45, 7) is 3.25. The van der Waals surface area contributed by atoms with Crippen LogP contribution in [-0.2, 0) is 14.8 Å². The molecule has 0 aliphatic carbocycles. The minimum absolute atomic E-state index is 0.150. The third-order valence-corrected chi connectivity index (χ3v) is 7.11. The second kappa shape index (κ2) is 9.03. The Hall–Kier alpha value is -1.64. The number of hydrogen-bond donors (Lipinski definition) is 1. The van der Waals surface area contributed by atoms with Crippen LogP contribution in [0.5, 0.6) is 5.75 Å². The van der Waals surface area contributed by atoms with Gasteiger partial charge in [-0.25, -0.2) is 8.42 Å². The molecule has 0 saturated carbocycles. The van der Waals surface area contributed by atoms with E-state index in [-0.39, 0.29) is 10.8 Å². The van der Waals surface area contributed by atoms with Crippen LogP contribution in [0.4, 0.5) is 5.69 Å². The Morgan fingerprint density at radius 3 is 2.30 bits per heavy atom. The molecular weight excluding hydrogens is 366 g/mol. The van der Waals surface area contributed by atoms with Crippen LogP contribution < -0.4 is 10.1 Å². The molecule has 3 rings (SSSR count). The molecule has 27 heavy (non-hydrogen) atoms. The highest BCUT2D eigenvalue weighted by molar-refractivity contribution is 7.89. The molecule has 2 heterocycles. The molecule has 0 spiro atoms. The van der Waals surface area contributed by atoms with Crippen LogP contribution >= 0.6 is 0 Å². The Balaban J connectivity index is 1.75. The first-order valence-electron chi connectivity index (χ1n) is 9.71. The van der Waals surface area contributed by atoms with Crippen LogP contribution in [0, 0.1) is 0 Å². The molecule has 150 valence electrons. The van der Waals surface area contributed by atoms with Crippen molar-refractivity contribution >= 4 is 21.6 Å². The number of benzene rings is 1. The molecule has 1 N–H and O–H groups in total. The Kier molecular flexibility index (Phi) is 6.73. The normalized spacial score (nSPS) is 19.6. The molecule has 0 bridgehead atoms. The quantitative estimate of drug-likeness (QED) is 0.800. The first-order chi connectivity index (χ1) is 13.0. The molecule has 8 heteroatoms. The third-order valence-electron chi connectivity index (χ3n) is 5.21. The summed E-state index contributed by atoms with van der Waals surface area (Å²) >= 11 is 0. The average Bonchev–Trinajstić information content (AvgIpc) is 2.69. The zero-order valence-corrected chi connectivity index (χ0v) is 16.8. The van der Waals surface area contributed by atoms with Gasteiger partial charge in [-0.15, -0.1) is 0 Å². The van der Waals surface area contributed by atoms with Gasteiger partial charge in [-0.05, 0) is 57.0 Å². The highest BCUT2D eigenvalue weighted by Gasteiger charge is 2.27. The number of sulfonamides is 1. The standard InChI is InChI=1S/C19H29N3O4S/c1-26-18-9-8-16(27(24,25)22-12-6-3-7-13-22)14-17(18)20-19(23)15-21-10-4-2-5-11-21/h8-9,14H,2-7,10-13,15H2,1H3,(H,20,23). The van der Waals surface area contributed by atoms with E-state index in [1.165, 1.54) is 23.9 Å². The van der Waals surface area contributed by atoms with Crippen molar-refractivity contribution in [3.8, 4) is 5.75 Å². The number of ether oxygens (including phenoxy) is 1. The fourth-order valence-corrected chi connectivity index (χ4v) is 5.25. The smallest absolute Gasteiger partial charge is 0.243 e. The summed E-state index contributed by atoms with van der Waals surface area (Å²) in [6.07, 6.45) is 6.26. The van der Waals surface area contributed by atoms with E-state index in [0.29, 0.717) is 31.1 Å². The topological polar surface area (TPSA) is 79.0 Å². The number of methoxy groups -OCH3 is 1. The van der Waals surface area contributed by atoms with Gasteiger partial charge in [-0.3, -0.25) is 9.69 Å². The zero-order chi connectivity index (χ0) is 19.3. The van der Waals surface area contributed by atoms with E-state index in [0.717, 1.165) is 45.2 Å². The highest BCUT2D eigenvalue weighted by Crippen LogP contribution is 2.30. The predicted octanol–water partition coefficient (Wildman–Crippen LogP) is 2.29. The van der Waals surface area contributed by atoms with Crippen molar-refractivity contribution in [3.05, 3.63) is 18.2 Å². The van der Waals surface area contributed by atoms with Gasteiger partial charge in [0.2, 0.25) is 15.9 Å². The summed E-state index contributed by atoms with van der Waals surface area (Å²) in [5, 5.41) is 2.84. The maximum Gasteiger partial charge on any atom is 0.243 e. The van der Waals surface area contributed by atoms with E-state index in [1.807, 2.05) is 0 Å². The number of amides is 1. The Morgan fingerprint density at radius 2 is 1.67 bits per heavy atom. The van der Waals surface area contributed by atoms with Crippen molar-refractivity contribution in [2.75, 3.05) is 45.2 Å². The fourth-order valence-electron chi connectivity index (χ4n) is 3.71. The van der Waals surface area contributed by atoms with E-state index in [9.17, 15) is 13.2 Å². The lowest BCUT2D eigenvalue weighted by Crippen LogP contribution is -2.37. The number of piperidine rings is 2. The van der Waals surface area contributed by atoms with Crippen LogP contribution in [0.3, 0.4) is 0 Å². The molecule has 1 aromatic carbocycles. The molecule has 2 aliphatic rings. The molecule has 1 aromatic rings. The van der Waals surface area contributed by atoms with Crippen LogP contribution in [0.2, 0.25) is 0 Å². The lowest BCUT2D eigenvalue weighted by Gasteiger charge is -2.27. The maximum atomic E-state index is 12.9. The zero-order valence-electron chi connectivity index (χ0n) is 15.9. The summed E-state index contributed by atoms with van der Waals surface area (Å²) in [4.78, 5) is 14.8. The SMILES string of the molecule is COc1ccc(S(=O)(=O)N2CCCCC2)cc1NC(=O)CN1CCCCC1. The molecular formula is C19H29N3O4S. The molecule has 2 saturated heterocycles. The number of nitrogens with one attached hydrogen (secondary N) is 1. The van der Waals surface area contributed by atoms with E-state index < -0.39 is 10.0 Å². The fraction of sp³-hybridized carbons (Fsp3) is 0.632. The summed E-state index contributed by atoms with van der Waals surface area (Å²) in [5.41, 5.74) is 0.401. The molecule has 0 atom stereocenters. The summed E-state index contributed by atoms with van der Waals surface area (Å²) < 4.78 is 32.6. The van der Waals surface area contributed by atoms with Crippen molar-refractivity contribution in [1.82, 2.24) is 9.21 Å². The number of hydrogen-bond acceptors (Lipinski definition) is 5. The van der Waals surface area contributed by atoms with Gasteiger partial charge in [0.1, 0.15) is 5.75 Å². The maximum absolute atomic E-state index is 12.9. The highest BCUT2D eigenvalue weighted by atomic mass is 32.2. The Bertz CT molecular complexity index is 754. The molecule has 0 aromatic heterocycles. The Labute approximate surface area is 161 Å². The molecule has 1 amide bonds. The number of anilines is 1. The monoisotopic (exact) mass is 395 g/mol. The van der Waals surface area contributed by atoms with Gasteiger partial charge in [0.05, 0.1) is 24.2 Å². The van der Waals surface area contributed by atoms with Gasteiger partial charge < -0.3 is 10.1 Å². The number of likely N-dealkylation sites (tertiary alicyclic amines) is 1. The number of carbonyl (C=O) groups is 1. The van der Waals surface area contributed by atoms with Crippen molar-refractivity contribution in [1.29, 1.82) is 0 Å². The number of carbonyl (C=O) groups excluding carboxylic acids is 1. The van der Waals surface area contributed by atoms with E-state index in [1.54, 1.807) is 12.1 Å². The lowest BCUT2D eigenvalue weighted by atomic mass is 10.1. The lowest BCUT2D eigenvalue weighted by molar-refractivity contribution is -0.117. The van der Waals surface area contributed by atoms with Crippen molar-refractivity contribution in [3.63, 3.8) is 0 Å². The number of nitrogens with zero attached hydrogens (tertiary/aromatic N) is 2. The van der Waals surface area contributed by atoms with Crippen LogP contribution in [0.15, 0.2) is 23.1 Å². The average molecular weight is 396 g/mol. The molecule has 7 nitrogen and oxygen atoms in total. The summed E-state index contributed by atoms with van der Waals surface area (Å²) in [5.74, 6) is 0.308. The van der Waals surface area contributed by atoms with Gasteiger partial charge in [0, 0.05) is 13.1 Å². The van der Waals surface area contributed by atoms with Crippen molar-refractivity contribution in [2.45, 2.75) is 43.4 Å². The second-order valence-electron chi connectivity index (χ2n) is 7.21. The largest absolute Gasteiger partial charge is 0.495 e. The van der Waals surface area contributed by atoms with Crippen molar-refractivity contribution in [2.24, 2.45) is 0 Å². The van der Waals surface area contributed by atoms with E-state index in [2.05, 4.69) is 10.2 Å². The summed E-state index contributed by atoms with van der Waals surface area (Å²) in [7, 11) is -2.05. The van der Waals surface area contributed by atoms with Crippen LogP contribution in [0.1, 0.15) is 38.5 Å². The minimum atomic E-state index is -3.56. The van der Waals surface area contributed by atoms with Gasteiger partial charge in [0.25, 0.3) is 0 Å². The number of rotatable bonds is 6. The minimum Gasteiger partial charge on any atom is -0.495 e. The van der Waals surface area contributed by atoms with Gasteiger partial charge >= 0.3 is 0 Å². The Morgan fingerprint density at radius 1 is 1.04 bits per heavy atom. The van der Waals surface area contributed by atoms with Gasteiger partial charge in [-0.2, -0.15) is 4.31 Å². The molecule has 0 unspecified atom stereocenters. The first-order valence-corrected chi connectivity index (χ1v) is 11.1. The summed E-state index contributed by atoms with van der Waals surface area (Å²) in [6, 6.07) is 4.66. The molecule has 2 aliphatic heterocycles. The first kappa shape index (κ1) is 20.1. The van der Waals surface area contributed by atoms with Crippen molar-refractivity contribution < 1.29 is 17.9 Å². The van der Waals surface area contributed by atoms with Crippen LogP contribution in [0.25, 0.3) is 0 Å². The van der Waals surface area contributed by atoms with Gasteiger partial charge in [0.15, 0.2) is 0 Å². The molecule has 2 fully saturated rings. The second-order valence-corrected chi connectivity index (χ2v) is 9.15. The van der Waals surface area contributed by atoms with E-state index in [4.69, 9.17) is 4.74 Å². The molecule has 0 radical (unpaired) electrons. The van der Waals surface area contributed by atoms with E-state index >= 15 is 0 Å². The van der Waals surface area contributed by atoms with Crippen LogP contribution in [-0.4, -0.2) is 63.4 Å². The third kappa shape index (κ3) is 5.00.